The Kier molecular flexibility index (Phi) is 3.18. The van der Waals surface area contributed by atoms with Crippen molar-refractivity contribution in [3.05, 3.63) is 29.8 Å². The summed E-state index contributed by atoms with van der Waals surface area (Å²) in [5.74, 6) is 0.830. The van der Waals surface area contributed by atoms with E-state index in [9.17, 15) is 4.79 Å². The van der Waals surface area contributed by atoms with Crippen molar-refractivity contribution in [1.29, 1.82) is 5.41 Å². The Bertz CT molecular complexity index is 465. The predicted octanol–water partition coefficient (Wildman–Crippen LogP) is 1.63. The van der Waals surface area contributed by atoms with Crippen LogP contribution in [0.2, 0.25) is 0 Å². The molecule has 2 amide bonds. The van der Waals surface area contributed by atoms with Gasteiger partial charge in [0.25, 0.3) is 0 Å². The summed E-state index contributed by atoms with van der Waals surface area (Å²) in [6, 6.07) is 7.16. The number of nitrogens with zero attached hydrogens (tertiary/aromatic N) is 1. The molecule has 1 atom stereocenters. The minimum absolute atomic E-state index is 0.166. The first kappa shape index (κ1) is 11.3. The number of ether oxygens (including phenoxy) is 1. The summed E-state index contributed by atoms with van der Waals surface area (Å²) >= 11 is 0. The van der Waals surface area contributed by atoms with Crippen molar-refractivity contribution in [1.82, 2.24) is 5.32 Å². The highest BCUT2D eigenvalue weighted by atomic mass is 16.5. The average Bonchev–Trinajstić information content (AvgIpc) is 2.34. The summed E-state index contributed by atoms with van der Waals surface area (Å²) in [5.41, 5.74) is 1.07. The number of hydrogen-bond acceptors (Lipinski definition) is 3. The van der Waals surface area contributed by atoms with E-state index in [1.165, 1.54) is 6.21 Å². The lowest BCUT2D eigenvalue weighted by Gasteiger charge is -2.17. The number of carbonyl (C=O) groups is 1. The zero-order valence-corrected chi connectivity index (χ0v) is 9.43. The number of aliphatic imine (C=N–C) groups is 1. The van der Waals surface area contributed by atoms with E-state index in [-0.39, 0.29) is 11.8 Å². The van der Waals surface area contributed by atoms with Gasteiger partial charge in [-0.15, -0.1) is 0 Å². The lowest BCUT2D eigenvalue weighted by molar-refractivity contribution is 0.252. The standard InChI is InChI=1S/C12H13N3O2/c1-17-10-4-2-8(3-5-10)6-9-7-14-12(16)15-11(9)13/h2-5,7,9H,6H2,1H3,(H2,13,15,16). The molecular weight excluding hydrogens is 218 g/mol. The largest absolute Gasteiger partial charge is 0.497 e. The van der Waals surface area contributed by atoms with Crippen LogP contribution in [0, 0.1) is 11.3 Å². The van der Waals surface area contributed by atoms with Crippen molar-refractivity contribution in [3.8, 4) is 5.75 Å². The molecule has 1 aromatic rings. The summed E-state index contributed by atoms with van der Waals surface area (Å²) in [6.45, 7) is 0. The van der Waals surface area contributed by atoms with E-state index in [2.05, 4.69) is 10.3 Å². The molecule has 2 rings (SSSR count). The molecule has 0 aromatic heterocycles. The van der Waals surface area contributed by atoms with Crippen LogP contribution in [-0.4, -0.2) is 25.2 Å². The molecule has 0 radical (unpaired) electrons. The zero-order chi connectivity index (χ0) is 12.3. The van der Waals surface area contributed by atoms with Crippen molar-refractivity contribution in [3.63, 3.8) is 0 Å². The fourth-order valence-corrected chi connectivity index (χ4v) is 1.64. The molecular formula is C12H13N3O2. The van der Waals surface area contributed by atoms with Crippen LogP contribution in [0.15, 0.2) is 29.3 Å². The number of hydrogen-bond donors (Lipinski definition) is 2. The van der Waals surface area contributed by atoms with Gasteiger partial charge < -0.3 is 4.74 Å². The van der Waals surface area contributed by atoms with Gasteiger partial charge in [-0.25, -0.2) is 9.79 Å². The van der Waals surface area contributed by atoms with Gasteiger partial charge in [-0.3, -0.25) is 10.7 Å². The minimum atomic E-state index is -0.471. The normalized spacial score (nSPS) is 19.0. The zero-order valence-electron chi connectivity index (χ0n) is 9.43. The second-order valence-electron chi connectivity index (χ2n) is 3.78. The monoisotopic (exact) mass is 231 g/mol. The van der Waals surface area contributed by atoms with E-state index in [1.54, 1.807) is 7.11 Å². The molecule has 1 aromatic carbocycles. The van der Waals surface area contributed by atoms with E-state index in [0.717, 1.165) is 11.3 Å². The highest BCUT2D eigenvalue weighted by Crippen LogP contribution is 2.15. The number of benzene rings is 1. The second kappa shape index (κ2) is 4.78. The third-order valence-electron chi connectivity index (χ3n) is 2.60. The number of methoxy groups -OCH3 is 1. The smallest absolute Gasteiger partial charge is 0.345 e. The van der Waals surface area contributed by atoms with E-state index < -0.39 is 6.03 Å². The number of amidine groups is 1. The molecule has 0 saturated heterocycles. The maximum absolute atomic E-state index is 10.9. The quantitative estimate of drug-likeness (QED) is 0.829. The fraction of sp³-hybridized carbons (Fsp3) is 0.250. The van der Waals surface area contributed by atoms with Gasteiger partial charge in [-0.05, 0) is 24.1 Å². The molecule has 0 fully saturated rings. The molecule has 1 unspecified atom stereocenters. The molecule has 0 aliphatic carbocycles. The molecule has 0 bridgehead atoms. The van der Waals surface area contributed by atoms with Crippen LogP contribution in [0.4, 0.5) is 4.79 Å². The van der Waals surface area contributed by atoms with Gasteiger partial charge in [0.1, 0.15) is 11.6 Å². The number of amides is 2. The Balaban J connectivity index is 2.07. The summed E-state index contributed by atoms with van der Waals surface area (Å²) < 4.78 is 5.07. The van der Waals surface area contributed by atoms with E-state index in [4.69, 9.17) is 10.1 Å². The molecule has 88 valence electrons. The highest BCUT2D eigenvalue weighted by molar-refractivity contribution is 6.10. The van der Waals surface area contributed by atoms with Crippen LogP contribution in [-0.2, 0) is 6.42 Å². The Morgan fingerprint density at radius 3 is 2.71 bits per heavy atom. The number of nitrogens with one attached hydrogen (secondary N) is 2. The Morgan fingerprint density at radius 1 is 1.41 bits per heavy atom. The number of rotatable bonds is 3. The Hall–Kier alpha value is -2.17. The summed E-state index contributed by atoms with van der Waals surface area (Å²) in [4.78, 5) is 14.5. The lowest BCUT2D eigenvalue weighted by Crippen LogP contribution is -2.39. The predicted molar refractivity (Wildman–Crippen MR) is 64.9 cm³/mol. The van der Waals surface area contributed by atoms with E-state index in [1.807, 2.05) is 24.3 Å². The van der Waals surface area contributed by atoms with Crippen molar-refractivity contribution in [2.75, 3.05) is 7.11 Å². The molecule has 1 aliphatic rings. The molecule has 0 saturated carbocycles. The molecule has 5 nitrogen and oxygen atoms in total. The summed E-state index contributed by atoms with van der Waals surface area (Å²) in [7, 11) is 1.62. The first-order valence-electron chi connectivity index (χ1n) is 5.25. The van der Waals surface area contributed by atoms with Gasteiger partial charge in [-0.1, -0.05) is 12.1 Å². The van der Waals surface area contributed by atoms with Gasteiger partial charge in [0.05, 0.1) is 13.0 Å². The highest BCUT2D eigenvalue weighted by Gasteiger charge is 2.19. The number of carbonyl (C=O) groups excluding carboxylic acids is 1. The van der Waals surface area contributed by atoms with Crippen molar-refractivity contribution in [2.24, 2.45) is 10.9 Å². The molecule has 5 heteroatoms. The van der Waals surface area contributed by atoms with Gasteiger partial charge in [0.15, 0.2) is 0 Å². The number of urea groups is 1. The third kappa shape index (κ3) is 2.69. The van der Waals surface area contributed by atoms with Crippen LogP contribution >= 0.6 is 0 Å². The maximum atomic E-state index is 10.9. The minimum Gasteiger partial charge on any atom is -0.497 e. The van der Waals surface area contributed by atoms with Gasteiger partial charge in [-0.2, -0.15) is 0 Å². The maximum Gasteiger partial charge on any atom is 0.345 e. The second-order valence-corrected chi connectivity index (χ2v) is 3.78. The topological polar surface area (TPSA) is 74.5 Å². The van der Waals surface area contributed by atoms with Crippen LogP contribution < -0.4 is 10.1 Å². The average molecular weight is 231 g/mol. The van der Waals surface area contributed by atoms with Crippen molar-refractivity contribution in [2.45, 2.75) is 6.42 Å². The van der Waals surface area contributed by atoms with Crippen molar-refractivity contribution < 1.29 is 9.53 Å². The van der Waals surface area contributed by atoms with Gasteiger partial charge >= 0.3 is 6.03 Å². The van der Waals surface area contributed by atoms with E-state index >= 15 is 0 Å². The van der Waals surface area contributed by atoms with Crippen LogP contribution in [0.5, 0.6) is 5.75 Å². The summed E-state index contributed by atoms with van der Waals surface area (Å²) in [6.07, 6.45) is 2.16. The Morgan fingerprint density at radius 2 is 2.12 bits per heavy atom. The Labute approximate surface area is 99.0 Å². The van der Waals surface area contributed by atoms with Crippen LogP contribution in [0.3, 0.4) is 0 Å². The molecule has 17 heavy (non-hydrogen) atoms. The lowest BCUT2D eigenvalue weighted by atomic mass is 9.98. The molecule has 1 heterocycles. The first-order chi connectivity index (χ1) is 8.19. The molecule has 1 aliphatic heterocycles. The van der Waals surface area contributed by atoms with Crippen molar-refractivity contribution >= 4 is 18.1 Å². The molecule has 0 spiro atoms. The third-order valence-corrected chi connectivity index (χ3v) is 2.60. The SMILES string of the molecule is COc1ccc(CC2C=NC(=O)NC2=N)cc1. The van der Waals surface area contributed by atoms with Gasteiger partial charge in [0.2, 0.25) is 0 Å². The van der Waals surface area contributed by atoms with Crippen LogP contribution in [0.1, 0.15) is 5.56 Å². The molecule has 2 N–H and O–H groups in total. The first-order valence-corrected chi connectivity index (χ1v) is 5.25. The van der Waals surface area contributed by atoms with Crippen LogP contribution in [0.25, 0.3) is 0 Å². The summed E-state index contributed by atoms with van der Waals surface area (Å²) in [5, 5.41) is 10.1. The fourth-order valence-electron chi connectivity index (χ4n) is 1.64. The van der Waals surface area contributed by atoms with E-state index in [0.29, 0.717) is 6.42 Å². The van der Waals surface area contributed by atoms with Gasteiger partial charge in [0, 0.05) is 6.21 Å².